The predicted molar refractivity (Wildman–Crippen MR) is 69.9 cm³/mol. The van der Waals surface area contributed by atoms with E-state index in [4.69, 9.17) is 11.6 Å². The average Bonchev–Trinajstić information content (AvgIpc) is 2.72. The summed E-state index contributed by atoms with van der Waals surface area (Å²) in [4.78, 5) is 0. The lowest BCUT2D eigenvalue weighted by Gasteiger charge is -2.13. The Morgan fingerprint density at radius 2 is 2.24 bits per heavy atom. The zero-order valence-electron chi connectivity index (χ0n) is 10.0. The number of aromatic nitrogens is 2. The van der Waals surface area contributed by atoms with Crippen molar-refractivity contribution in [3.05, 3.63) is 52.8 Å². The van der Waals surface area contributed by atoms with Gasteiger partial charge < -0.3 is 5.32 Å². The van der Waals surface area contributed by atoms with Crippen LogP contribution in [0.2, 0.25) is 5.02 Å². The van der Waals surface area contributed by atoms with Crippen LogP contribution in [-0.4, -0.2) is 9.78 Å². The van der Waals surface area contributed by atoms with E-state index in [1.807, 2.05) is 37.5 Å². The molecule has 0 aliphatic heterocycles. The number of hydrogen-bond acceptors (Lipinski definition) is 2. The third kappa shape index (κ3) is 3.32. The molecule has 2 rings (SSSR count). The van der Waals surface area contributed by atoms with Gasteiger partial charge in [0.05, 0.1) is 5.69 Å². The predicted octanol–water partition coefficient (Wildman–Crippen LogP) is 2.92. The van der Waals surface area contributed by atoms with Gasteiger partial charge in [0.15, 0.2) is 0 Å². The van der Waals surface area contributed by atoms with Crippen LogP contribution >= 0.6 is 11.6 Å². The maximum absolute atomic E-state index is 5.97. The smallest absolute Gasteiger partial charge is 0.0762 e. The summed E-state index contributed by atoms with van der Waals surface area (Å²) >= 11 is 5.97. The molecule has 0 saturated carbocycles. The molecule has 1 aromatic carbocycles. The molecule has 0 spiro atoms. The quantitative estimate of drug-likeness (QED) is 0.903. The van der Waals surface area contributed by atoms with Crippen molar-refractivity contribution >= 4 is 11.6 Å². The Balaban J connectivity index is 1.95. The largest absolute Gasteiger partial charge is 0.304 e. The Labute approximate surface area is 106 Å². The zero-order chi connectivity index (χ0) is 12.3. The van der Waals surface area contributed by atoms with Gasteiger partial charge in [0.25, 0.3) is 0 Å². The Morgan fingerprint density at radius 3 is 2.88 bits per heavy atom. The average molecular weight is 250 g/mol. The second kappa shape index (κ2) is 5.34. The van der Waals surface area contributed by atoms with Crippen molar-refractivity contribution in [3.8, 4) is 0 Å². The van der Waals surface area contributed by atoms with Gasteiger partial charge in [-0.2, -0.15) is 5.10 Å². The summed E-state index contributed by atoms with van der Waals surface area (Å²) in [6.45, 7) is 2.88. The minimum absolute atomic E-state index is 0.260. The molecule has 0 fully saturated rings. The SMILES string of the molecule is C[C@@H](NCc1ccn(C)n1)c1cccc(Cl)c1. The van der Waals surface area contributed by atoms with E-state index in [2.05, 4.69) is 23.4 Å². The molecule has 0 amide bonds. The monoisotopic (exact) mass is 249 g/mol. The first-order valence-corrected chi connectivity index (χ1v) is 6.00. The van der Waals surface area contributed by atoms with E-state index in [0.717, 1.165) is 17.3 Å². The van der Waals surface area contributed by atoms with Gasteiger partial charge >= 0.3 is 0 Å². The third-order valence-electron chi connectivity index (χ3n) is 2.71. The number of rotatable bonds is 4. The van der Waals surface area contributed by atoms with Crippen molar-refractivity contribution in [1.82, 2.24) is 15.1 Å². The molecule has 2 aromatic rings. The van der Waals surface area contributed by atoms with Crippen molar-refractivity contribution in [2.24, 2.45) is 7.05 Å². The molecule has 4 heteroatoms. The maximum Gasteiger partial charge on any atom is 0.0762 e. The number of aryl methyl sites for hydroxylation is 1. The van der Waals surface area contributed by atoms with Crippen LogP contribution in [0.4, 0.5) is 0 Å². The van der Waals surface area contributed by atoms with Gasteiger partial charge in [0.2, 0.25) is 0 Å². The summed E-state index contributed by atoms with van der Waals surface area (Å²) < 4.78 is 1.81. The van der Waals surface area contributed by atoms with E-state index in [0.29, 0.717) is 0 Å². The fraction of sp³-hybridized carbons (Fsp3) is 0.308. The fourth-order valence-corrected chi connectivity index (χ4v) is 1.91. The first kappa shape index (κ1) is 12.1. The molecule has 0 unspecified atom stereocenters. The Morgan fingerprint density at radius 1 is 1.41 bits per heavy atom. The molecule has 1 heterocycles. The second-order valence-corrected chi connectivity index (χ2v) is 4.57. The summed E-state index contributed by atoms with van der Waals surface area (Å²) in [6, 6.07) is 10.2. The van der Waals surface area contributed by atoms with Crippen molar-refractivity contribution < 1.29 is 0 Å². The van der Waals surface area contributed by atoms with E-state index in [1.54, 1.807) is 4.68 Å². The van der Waals surface area contributed by atoms with Crippen LogP contribution in [0.25, 0.3) is 0 Å². The van der Waals surface area contributed by atoms with E-state index in [-0.39, 0.29) is 6.04 Å². The van der Waals surface area contributed by atoms with Gasteiger partial charge in [-0.1, -0.05) is 23.7 Å². The minimum Gasteiger partial charge on any atom is -0.304 e. The summed E-state index contributed by atoms with van der Waals surface area (Å²) in [7, 11) is 1.92. The molecule has 1 N–H and O–H groups in total. The molecule has 0 aliphatic rings. The summed E-state index contributed by atoms with van der Waals surface area (Å²) in [6.07, 6.45) is 1.95. The number of halogens is 1. The maximum atomic E-state index is 5.97. The molecule has 0 aliphatic carbocycles. The molecule has 0 radical (unpaired) electrons. The normalized spacial score (nSPS) is 12.6. The number of nitrogens with one attached hydrogen (secondary N) is 1. The van der Waals surface area contributed by atoms with E-state index in [9.17, 15) is 0 Å². The van der Waals surface area contributed by atoms with Crippen LogP contribution in [0.1, 0.15) is 24.2 Å². The summed E-state index contributed by atoms with van der Waals surface area (Å²) in [5.74, 6) is 0. The first-order chi connectivity index (χ1) is 8.15. The van der Waals surface area contributed by atoms with Gasteiger partial charge in [-0.3, -0.25) is 4.68 Å². The molecule has 0 saturated heterocycles. The molecule has 17 heavy (non-hydrogen) atoms. The molecule has 3 nitrogen and oxygen atoms in total. The molecule has 1 atom stereocenters. The van der Waals surface area contributed by atoms with Crippen LogP contribution in [0.15, 0.2) is 36.5 Å². The lowest BCUT2D eigenvalue weighted by Crippen LogP contribution is -2.18. The lowest BCUT2D eigenvalue weighted by molar-refractivity contribution is 0.562. The van der Waals surface area contributed by atoms with Crippen LogP contribution in [-0.2, 0) is 13.6 Å². The van der Waals surface area contributed by atoms with E-state index >= 15 is 0 Å². The highest BCUT2D eigenvalue weighted by Gasteiger charge is 2.06. The highest BCUT2D eigenvalue weighted by Crippen LogP contribution is 2.17. The minimum atomic E-state index is 0.260. The Kier molecular flexibility index (Phi) is 3.82. The van der Waals surface area contributed by atoms with Crippen LogP contribution in [0.5, 0.6) is 0 Å². The van der Waals surface area contributed by atoms with Crippen molar-refractivity contribution in [2.75, 3.05) is 0 Å². The van der Waals surface area contributed by atoms with Crippen molar-refractivity contribution in [1.29, 1.82) is 0 Å². The number of hydrogen-bond donors (Lipinski definition) is 1. The van der Waals surface area contributed by atoms with Crippen LogP contribution in [0.3, 0.4) is 0 Å². The fourth-order valence-electron chi connectivity index (χ4n) is 1.71. The van der Waals surface area contributed by atoms with Gasteiger partial charge in [0, 0.05) is 30.9 Å². The van der Waals surface area contributed by atoms with Gasteiger partial charge in [0.1, 0.15) is 0 Å². The highest BCUT2D eigenvalue weighted by atomic mass is 35.5. The summed E-state index contributed by atoms with van der Waals surface area (Å²) in [5, 5.41) is 8.52. The van der Waals surface area contributed by atoms with Gasteiger partial charge in [-0.15, -0.1) is 0 Å². The van der Waals surface area contributed by atoms with Gasteiger partial charge in [-0.25, -0.2) is 0 Å². The van der Waals surface area contributed by atoms with Crippen LogP contribution in [0, 0.1) is 0 Å². The van der Waals surface area contributed by atoms with E-state index < -0.39 is 0 Å². The topological polar surface area (TPSA) is 29.9 Å². The molecule has 90 valence electrons. The van der Waals surface area contributed by atoms with Crippen molar-refractivity contribution in [2.45, 2.75) is 19.5 Å². The summed E-state index contributed by atoms with van der Waals surface area (Å²) in [5.41, 5.74) is 2.23. The van der Waals surface area contributed by atoms with Gasteiger partial charge in [-0.05, 0) is 30.7 Å². The van der Waals surface area contributed by atoms with E-state index in [1.165, 1.54) is 5.56 Å². The molecule has 0 bridgehead atoms. The highest BCUT2D eigenvalue weighted by molar-refractivity contribution is 6.30. The first-order valence-electron chi connectivity index (χ1n) is 5.62. The zero-order valence-corrected chi connectivity index (χ0v) is 10.8. The molecular weight excluding hydrogens is 234 g/mol. The third-order valence-corrected chi connectivity index (χ3v) is 2.94. The number of nitrogens with zero attached hydrogens (tertiary/aromatic N) is 2. The van der Waals surface area contributed by atoms with Crippen LogP contribution < -0.4 is 5.32 Å². The second-order valence-electron chi connectivity index (χ2n) is 4.14. The standard InChI is InChI=1S/C13H16ClN3/c1-10(11-4-3-5-12(14)8-11)15-9-13-6-7-17(2)16-13/h3-8,10,15H,9H2,1-2H3/t10-/m1/s1. The molecule has 1 aromatic heterocycles. The lowest BCUT2D eigenvalue weighted by atomic mass is 10.1. The van der Waals surface area contributed by atoms with Crippen molar-refractivity contribution in [3.63, 3.8) is 0 Å². The Hall–Kier alpha value is -1.32. The molecular formula is C13H16ClN3. The number of benzene rings is 1. The Bertz CT molecular complexity index is 493.